The van der Waals surface area contributed by atoms with Gasteiger partial charge in [-0.3, -0.25) is 0 Å². The maximum absolute atomic E-state index is 2.39. The van der Waals surface area contributed by atoms with Gasteiger partial charge in [0.2, 0.25) is 0 Å². The van der Waals surface area contributed by atoms with Crippen molar-refractivity contribution in [3.8, 4) is 0 Å². The fraction of sp³-hybridized carbons (Fsp3) is 0.647. The van der Waals surface area contributed by atoms with Crippen molar-refractivity contribution >= 4 is 14.1 Å². The van der Waals surface area contributed by atoms with Gasteiger partial charge in [-0.2, -0.15) is 0 Å². The molecule has 0 aromatic heterocycles. The van der Waals surface area contributed by atoms with Crippen LogP contribution in [-0.4, -0.2) is 14.1 Å². The summed E-state index contributed by atoms with van der Waals surface area (Å²) in [6, 6.07) is 8.36. The topological polar surface area (TPSA) is 0 Å². The molecule has 18 heavy (non-hydrogen) atoms. The molecule has 1 aromatic carbocycles. The molecule has 0 amide bonds. The number of hydrogen-bond acceptors (Lipinski definition) is 0. The van der Waals surface area contributed by atoms with Gasteiger partial charge in [-0.1, -0.05) is 80.1 Å². The molecule has 0 bridgehead atoms. The third-order valence-electron chi connectivity index (χ3n) is 3.73. The van der Waals surface area contributed by atoms with E-state index in [1.165, 1.54) is 11.1 Å². The van der Waals surface area contributed by atoms with E-state index in [4.69, 9.17) is 0 Å². The molecule has 0 fully saturated rings. The summed E-state index contributed by atoms with van der Waals surface area (Å²) in [6.45, 7) is 18.6. The normalized spacial score (nSPS) is 10.6. The lowest BCUT2D eigenvalue weighted by molar-refractivity contribution is 0.863. The number of hydrogen-bond donors (Lipinski definition) is 0. The minimum Gasteiger partial charge on any atom is -0.0873 e. The molecule has 0 unspecified atom stereocenters. The van der Waals surface area contributed by atoms with Crippen LogP contribution in [0.4, 0.5) is 0 Å². The monoisotopic (exact) mass is 262 g/mol. The van der Waals surface area contributed by atoms with Crippen LogP contribution in [0.1, 0.15) is 52.7 Å². The van der Waals surface area contributed by atoms with Crippen LogP contribution in [-0.2, 0) is 0 Å². The first-order valence-corrected chi connectivity index (χ1v) is 9.29. The van der Waals surface area contributed by atoms with E-state index < -0.39 is 14.1 Å². The van der Waals surface area contributed by atoms with Crippen molar-refractivity contribution in [1.29, 1.82) is 0 Å². The Bertz CT molecular complexity index is 286. The van der Waals surface area contributed by atoms with E-state index in [1.807, 2.05) is 0 Å². The molecule has 0 heterocycles. The van der Waals surface area contributed by atoms with Crippen molar-refractivity contribution in [3.63, 3.8) is 0 Å². The molecular weight excluding hydrogens is 231 g/mol. The summed E-state index contributed by atoms with van der Waals surface area (Å²) >= 11 is -0.454. The van der Waals surface area contributed by atoms with Gasteiger partial charge in [0.05, 0.1) is 0 Å². The van der Waals surface area contributed by atoms with Crippen LogP contribution in [0.15, 0.2) is 24.3 Å². The van der Waals surface area contributed by atoms with Crippen LogP contribution in [0.5, 0.6) is 0 Å². The van der Waals surface area contributed by atoms with Gasteiger partial charge in [-0.05, 0) is 25.0 Å². The first kappa shape index (κ1) is 17.8. The van der Waals surface area contributed by atoms with Gasteiger partial charge >= 0.3 is 0 Å². The van der Waals surface area contributed by atoms with E-state index in [0.717, 1.165) is 14.3 Å². The van der Waals surface area contributed by atoms with E-state index in [9.17, 15) is 0 Å². The first-order chi connectivity index (χ1) is 8.27. The highest BCUT2D eigenvalue weighted by molar-refractivity contribution is 6.63. The van der Waals surface area contributed by atoms with E-state index in [1.54, 1.807) is 0 Å². The smallest absolute Gasteiger partial charge is 0.0873 e. The number of rotatable bonds is 3. The summed E-state index contributed by atoms with van der Waals surface area (Å²) in [5.41, 5.74) is 2.74. The SMILES string of the molecule is C[CH](C)[Al]([CH](C)C)[CH](C)C.Cc1ccccc1C. The fourth-order valence-corrected chi connectivity index (χ4v) is 7.59. The van der Waals surface area contributed by atoms with Gasteiger partial charge in [-0.25, -0.2) is 0 Å². The molecule has 1 rings (SSSR count). The largest absolute Gasteiger partial charge is 0.270 e. The van der Waals surface area contributed by atoms with E-state index in [2.05, 4.69) is 79.7 Å². The number of benzene rings is 1. The van der Waals surface area contributed by atoms with E-state index in [-0.39, 0.29) is 0 Å². The molecule has 1 aromatic rings. The quantitative estimate of drug-likeness (QED) is 0.585. The molecule has 1 heteroatoms. The summed E-state index contributed by atoms with van der Waals surface area (Å²) < 4.78 is 2.92. The Kier molecular flexibility index (Phi) is 8.66. The molecule has 0 N–H and O–H groups in total. The lowest BCUT2D eigenvalue weighted by Crippen LogP contribution is -2.24. The van der Waals surface area contributed by atoms with Gasteiger partial charge in [-0.15, -0.1) is 0 Å². The van der Waals surface area contributed by atoms with Crippen LogP contribution in [0, 0.1) is 13.8 Å². The Labute approximate surface area is 119 Å². The van der Waals surface area contributed by atoms with Gasteiger partial charge in [0.25, 0.3) is 14.1 Å². The molecule has 0 spiro atoms. The Morgan fingerprint density at radius 3 is 1.06 bits per heavy atom. The second-order valence-electron chi connectivity index (χ2n) is 6.39. The second kappa shape index (κ2) is 8.79. The zero-order chi connectivity index (χ0) is 14.3. The molecule has 0 aliphatic carbocycles. The maximum atomic E-state index is 2.39. The summed E-state index contributed by atoms with van der Waals surface area (Å²) in [6.07, 6.45) is 0. The predicted molar refractivity (Wildman–Crippen MR) is 87.0 cm³/mol. The van der Waals surface area contributed by atoms with E-state index >= 15 is 0 Å². The fourth-order valence-electron chi connectivity index (χ4n) is 2.97. The van der Waals surface area contributed by atoms with E-state index in [0.29, 0.717) is 0 Å². The van der Waals surface area contributed by atoms with Crippen LogP contribution in [0.3, 0.4) is 0 Å². The summed E-state index contributed by atoms with van der Waals surface area (Å²) in [7, 11) is 0. The van der Waals surface area contributed by atoms with Crippen LogP contribution >= 0.6 is 0 Å². The molecule has 0 saturated heterocycles. The highest BCUT2D eigenvalue weighted by atomic mass is 27.2. The second-order valence-corrected chi connectivity index (χ2v) is 11.5. The van der Waals surface area contributed by atoms with Crippen molar-refractivity contribution in [1.82, 2.24) is 0 Å². The van der Waals surface area contributed by atoms with Crippen molar-refractivity contribution in [3.05, 3.63) is 35.4 Å². The Balaban J connectivity index is 0.000000327. The maximum Gasteiger partial charge on any atom is 0.270 e. The molecule has 0 aliphatic heterocycles. The Morgan fingerprint density at radius 1 is 0.667 bits per heavy atom. The van der Waals surface area contributed by atoms with Crippen LogP contribution in [0.2, 0.25) is 14.3 Å². The minimum atomic E-state index is -0.454. The average Bonchev–Trinajstić information content (AvgIpc) is 2.21. The molecule has 0 saturated carbocycles. The molecule has 0 atom stereocenters. The summed E-state index contributed by atoms with van der Waals surface area (Å²) in [4.78, 5) is 0. The van der Waals surface area contributed by atoms with Crippen LogP contribution in [0.25, 0.3) is 0 Å². The van der Waals surface area contributed by atoms with Gasteiger partial charge in [0.1, 0.15) is 0 Å². The molecule has 0 radical (unpaired) electrons. The molecule has 0 aliphatic rings. The minimum absolute atomic E-state index is 0.454. The zero-order valence-electron chi connectivity index (χ0n) is 13.6. The molecule has 0 nitrogen and oxygen atoms in total. The highest BCUT2D eigenvalue weighted by Crippen LogP contribution is 2.28. The van der Waals surface area contributed by atoms with Crippen LogP contribution < -0.4 is 0 Å². The first-order valence-electron chi connectivity index (χ1n) is 7.29. The third-order valence-corrected chi connectivity index (χ3v) is 8.35. The van der Waals surface area contributed by atoms with Gasteiger partial charge < -0.3 is 0 Å². The van der Waals surface area contributed by atoms with Gasteiger partial charge in [0, 0.05) is 0 Å². The highest BCUT2D eigenvalue weighted by Gasteiger charge is 2.27. The molecular formula is C17H31Al. The summed E-state index contributed by atoms with van der Waals surface area (Å²) in [5.74, 6) is 0. The molecule has 102 valence electrons. The average molecular weight is 262 g/mol. The Morgan fingerprint density at radius 2 is 0.944 bits per heavy atom. The van der Waals surface area contributed by atoms with Crippen molar-refractivity contribution in [2.75, 3.05) is 0 Å². The zero-order valence-corrected chi connectivity index (χ0v) is 14.8. The number of aryl methyl sites for hydroxylation is 2. The third kappa shape index (κ3) is 6.62. The standard InChI is InChI=1S/C8H10.3C3H7.Al/c1-7-5-3-4-6-8(7)2;3*1-3-2;/h3-6H,1-2H3;3*3H,1-2H3;. The lowest BCUT2D eigenvalue weighted by Gasteiger charge is -2.22. The Hall–Kier alpha value is -0.248. The summed E-state index contributed by atoms with van der Waals surface area (Å²) in [5, 5.41) is 0. The van der Waals surface area contributed by atoms with Crippen molar-refractivity contribution < 1.29 is 0 Å². The van der Waals surface area contributed by atoms with Gasteiger partial charge in [0.15, 0.2) is 0 Å². The lowest BCUT2D eigenvalue weighted by atomic mass is 10.1. The van der Waals surface area contributed by atoms with Crippen molar-refractivity contribution in [2.45, 2.75) is 69.7 Å². The van der Waals surface area contributed by atoms with Crippen molar-refractivity contribution in [2.24, 2.45) is 0 Å². The predicted octanol–water partition coefficient (Wildman–Crippen LogP) is 6.01.